The molecule has 0 saturated carbocycles. The van der Waals surface area contributed by atoms with Gasteiger partial charge in [0.05, 0.1) is 0 Å². The number of aromatic nitrogens is 1. The second-order valence-corrected chi connectivity index (χ2v) is 8.85. The van der Waals surface area contributed by atoms with Crippen LogP contribution in [0.3, 0.4) is 0 Å². The number of anilines is 1. The third-order valence-corrected chi connectivity index (χ3v) is 6.44. The van der Waals surface area contributed by atoms with E-state index in [1.165, 1.54) is 11.1 Å². The second kappa shape index (κ2) is 10.6. The number of hydrogen-bond acceptors (Lipinski definition) is 4. The molecule has 4 aromatic rings. The Morgan fingerprint density at radius 3 is 2.24 bits per heavy atom. The molecule has 0 aliphatic rings. The van der Waals surface area contributed by atoms with Crippen molar-refractivity contribution in [1.82, 2.24) is 4.98 Å². The highest BCUT2D eigenvalue weighted by Crippen LogP contribution is 2.28. The number of ether oxygens (including phenoxy) is 1. The van der Waals surface area contributed by atoms with E-state index in [4.69, 9.17) is 9.15 Å². The lowest BCUT2D eigenvalue weighted by Crippen LogP contribution is -2.20. The van der Waals surface area contributed by atoms with Crippen LogP contribution in [-0.4, -0.2) is 17.5 Å². The van der Waals surface area contributed by atoms with Crippen molar-refractivity contribution in [2.75, 3.05) is 11.9 Å². The van der Waals surface area contributed by atoms with Crippen molar-refractivity contribution in [2.45, 2.75) is 52.4 Å². The summed E-state index contributed by atoms with van der Waals surface area (Å²) in [7, 11) is 0. The van der Waals surface area contributed by atoms with Crippen LogP contribution in [0.15, 0.2) is 71.1 Å². The third-order valence-electron chi connectivity index (χ3n) is 6.44. The molecular formula is C29H32N2O3. The van der Waals surface area contributed by atoms with Crippen LogP contribution in [0.25, 0.3) is 22.6 Å². The van der Waals surface area contributed by atoms with Crippen molar-refractivity contribution < 1.29 is 13.9 Å². The fraction of sp³-hybridized carbons (Fsp3) is 0.310. The molecule has 5 heteroatoms. The monoisotopic (exact) mass is 456 g/mol. The molecule has 0 saturated heterocycles. The number of rotatable bonds is 9. The van der Waals surface area contributed by atoms with Gasteiger partial charge in [-0.05, 0) is 84.3 Å². The van der Waals surface area contributed by atoms with Crippen molar-refractivity contribution in [1.29, 1.82) is 0 Å². The highest BCUT2D eigenvalue weighted by Gasteiger charge is 2.12. The van der Waals surface area contributed by atoms with Gasteiger partial charge in [-0.1, -0.05) is 45.9 Å². The molecule has 0 fully saturated rings. The zero-order valence-corrected chi connectivity index (χ0v) is 20.3. The predicted molar refractivity (Wildman–Crippen MR) is 137 cm³/mol. The third kappa shape index (κ3) is 5.48. The largest absolute Gasteiger partial charge is 0.484 e. The Balaban J connectivity index is 1.35. The lowest BCUT2D eigenvalue weighted by Gasteiger charge is -2.11. The first-order chi connectivity index (χ1) is 16.5. The van der Waals surface area contributed by atoms with Gasteiger partial charge in [0.1, 0.15) is 11.3 Å². The first kappa shape index (κ1) is 23.6. The van der Waals surface area contributed by atoms with E-state index >= 15 is 0 Å². The summed E-state index contributed by atoms with van der Waals surface area (Å²) in [5.74, 6) is 2.04. The molecular weight excluding hydrogens is 424 g/mol. The second-order valence-electron chi connectivity index (χ2n) is 8.85. The number of fused-ring (bicyclic) bond motifs is 1. The molecule has 5 nitrogen and oxygen atoms in total. The van der Waals surface area contributed by atoms with Crippen LogP contribution in [-0.2, 0) is 4.79 Å². The number of oxazole rings is 1. The molecule has 0 spiro atoms. The maximum absolute atomic E-state index is 12.3. The molecule has 1 amide bonds. The minimum atomic E-state index is -0.210. The normalized spacial score (nSPS) is 12.9. The van der Waals surface area contributed by atoms with E-state index in [9.17, 15) is 4.79 Å². The average molecular weight is 457 g/mol. The van der Waals surface area contributed by atoms with Gasteiger partial charge in [0, 0.05) is 11.3 Å². The number of carbonyl (C=O) groups is 1. The minimum absolute atomic E-state index is 0.0475. The molecule has 34 heavy (non-hydrogen) atoms. The van der Waals surface area contributed by atoms with E-state index in [1.807, 2.05) is 42.5 Å². The van der Waals surface area contributed by atoms with Crippen LogP contribution in [0.1, 0.15) is 63.5 Å². The first-order valence-electron chi connectivity index (χ1n) is 12.0. The average Bonchev–Trinajstić information content (AvgIpc) is 3.30. The number of benzene rings is 3. The Labute approximate surface area is 201 Å². The van der Waals surface area contributed by atoms with Gasteiger partial charge in [-0.2, -0.15) is 0 Å². The van der Waals surface area contributed by atoms with Gasteiger partial charge >= 0.3 is 0 Å². The Hall–Kier alpha value is -3.60. The van der Waals surface area contributed by atoms with Gasteiger partial charge in [-0.15, -0.1) is 0 Å². The Morgan fingerprint density at radius 1 is 0.912 bits per heavy atom. The number of carbonyl (C=O) groups excluding carboxylic acids is 1. The van der Waals surface area contributed by atoms with E-state index < -0.39 is 0 Å². The Morgan fingerprint density at radius 2 is 1.56 bits per heavy atom. The van der Waals surface area contributed by atoms with Crippen molar-refractivity contribution in [2.24, 2.45) is 0 Å². The highest BCUT2D eigenvalue weighted by molar-refractivity contribution is 5.92. The lowest BCUT2D eigenvalue weighted by molar-refractivity contribution is -0.118. The maximum Gasteiger partial charge on any atom is 0.262 e. The fourth-order valence-corrected chi connectivity index (χ4v) is 3.78. The van der Waals surface area contributed by atoms with Crippen molar-refractivity contribution in [3.05, 3.63) is 77.9 Å². The van der Waals surface area contributed by atoms with Crippen LogP contribution in [0.2, 0.25) is 0 Å². The number of amides is 1. The number of nitrogens with one attached hydrogen (secondary N) is 1. The van der Waals surface area contributed by atoms with Gasteiger partial charge in [0.2, 0.25) is 5.89 Å². The highest BCUT2D eigenvalue weighted by atomic mass is 16.5. The van der Waals surface area contributed by atoms with Gasteiger partial charge in [-0.3, -0.25) is 4.79 Å². The summed E-state index contributed by atoms with van der Waals surface area (Å²) in [6, 6.07) is 21.6. The molecule has 3 aromatic carbocycles. The first-order valence-corrected chi connectivity index (χ1v) is 12.0. The number of hydrogen-bond donors (Lipinski definition) is 1. The summed E-state index contributed by atoms with van der Waals surface area (Å²) in [5.41, 5.74) is 5.72. The summed E-state index contributed by atoms with van der Waals surface area (Å²) >= 11 is 0. The lowest BCUT2D eigenvalue weighted by atomic mass is 9.98. The van der Waals surface area contributed by atoms with Crippen molar-refractivity contribution in [3.63, 3.8) is 0 Å². The summed E-state index contributed by atoms with van der Waals surface area (Å²) in [6.45, 7) is 8.71. The minimum Gasteiger partial charge on any atom is -0.484 e. The predicted octanol–water partition coefficient (Wildman–Crippen LogP) is 7.54. The standard InChI is InChI=1S/C29H32N2O3/c1-5-19(3)21-9-14-25(15-10-21)33-18-28(32)30-24-12-7-22(8-13-24)29-31-26-17-23(20(4)6-2)11-16-27(26)34-29/h7-17,19-20H,5-6,18H2,1-4H3,(H,30,32)/t19-,20-/m0/s1. The van der Waals surface area contributed by atoms with E-state index in [2.05, 4.69) is 62.3 Å². The summed E-state index contributed by atoms with van der Waals surface area (Å²) < 4.78 is 11.6. The van der Waals surface area contributed by atoms with Crippen molar-refractivity contribution >= 4 is 22.7 Å². The topological polar surface area (TPSA) is 64.4 Å². The van der Waals surface area contributed by atoms with E-state index in [-0.39, 0.29) is 12.5 Å². The smallest absolute Gasteiger partial charge is 0.262 e. The maximum atomic E-state index is 12.3. The summed E-state index contributed by atoms with van der Waals surface area (Å²) in [6.07, 6.45) is 2.17. The molecule has 1 aromatic heterocycles. The van der Waals surface area contributed by atoms with E-state index in [0.717, 1.165) is 29.5 Å². The fourth-order valence-electron chi connectivity index (χ4n) is 3.78. The zero-order valence-electron chi connectivity index (χ0n) is 20.3. The van der Waals surface area contributed by atoms with Gasteiger partial charge < -0.3 is 14.5 Å². The molecule has 2 atom stereocenters. The molecule has 4 rings (SSSR count). The van der Waals surface area contributed by atoms with E-state index in [1.54, 1.807) is 0 Å². The molecule has 0 aliphatic heterocycles. The molecule has 0 unspecified atom stereocenters. The number of nitrogens with zero attached hydrogens (tertiary/aromatic N) is 1. The molecule has 0 bridgehead atoms. The summed E-state index contributed by atoms with van der Waals surface area (Å²) in [5, 5.41) is 2.87. The van der Waals surface area contributed by atoms with Gasteiger partial charge in [-0.25, -0.2) is 4.98 Å². The Bertz CT molecular complexity index is 1240. The van der Waals surface area contributed by atoms with Crippen LogP contribution in [0, 0.1) is 0 Å². The molecule has 0 aliphatic carbocycles. The SMILES string of the molecule is CC[C@H](C)c1ccc(OCC(=O)Nc2ccc(-c3nc4cc([C@@H](C)CC)ccc4o3)cc2)cc1. The summed E-state index contributed by atoms with van der Waals surface area (Å²) in [4.78, 5) is 17.0. The van der Waals surface area contributed by atoms with Crippen LogP contribution in [0.5, 0.6) is 5.75 Å². The molecule has 1 N–H and O–H groups in total. The molecule has 0 radical (unpaired) electrons. The Kier molecular flexibility index (Phi) is 7.31. The van der Waals surface area contributed by atoms with Crippen LogP contribution in [0.4, 0.5) is 5.69 Å². The van der Waals surface area contributed by atoms with Crippen molar-refractivity contribution in [3.8, 4) is 17.2 Å². The zero-order chi connectivity index (χ0) is 24.1. The molecule has 1 heterocycles. The van der Waals surface area contributed by atoms with Gasteiger partial charge in [0.25, 0.3) is 5.91 Å². The quantitative estimate of drug-likeness (QED) is 0.282. The van der Waals surface area contributed by atoms with E-state index in [0.29, 0.717) is 29.2 Å². The van der Waals surface area contributed by atoms with Gasteiger partial charge in [0.15, 0.2) is 12.2 Å². The van der Waals surface area contributed by atoms with Crippen LogP contribution < -0.4 is 10.1 Å². The molecule has 176 valence electrons. The van der Waals surface area contributed by atoms with Crippen LogP contribution >= 0.6 is 0 Å².